The number of nitrogens with zero attached hydrogens (tertiary/aromatic N) is 2. The fraction of sp³-hybridized carbons (Fsp3) is 0.241. The Bertz CT molecular complexity index is 1490. The molecule has 0 aliphatic rings. The highest BCUT2D eigenvalue weighted by Crippen LogP contribution is 2.24. The lowest BCUT2D eigenvalue weighted by Gasteiger charge is -2.21. The van der Waals surface area contributed by atoms with Gasteiger partial charge in [0.2, 0.25) is 0 Å². The Morgan fingerprint density at radius 3 is 2.27 bits per heavy atom. The van der Waals surface area contributed by atoms with Crippen LogP contribution in [0.25, 0.3) is 11.1 Å². The summed E-state index contributed by atoms with van der Waals surface area (Å²) in [4.78, 5) is 27.3. The number of methoxy groups -OCH3 is 1. The van der Waals surface area contributed by atoms with Crippen molar-refractivity contribution in [3.63, 3.8) is 0 Å². The number of hydrogen-bond donors (Lipinski definition) is 1. The molecule has 0 saturated carbocycles. The molecule has 4 aromatic rings. The molecule has 0 aliphatic heterocycles. The summed E-state index contributed by atoms with van der Waals surface area (Å²) in [5.41, 5.74) is 0.834. The predicted octanol–water partition coefficient (Wildman–Crippen LogP) is 4.50. The van der Waals surface area contributed by atoms with Gasteiger partial charge in [-0.1, -0.05) is 48.5 Å². The molecule has 0 aliphatic carbocycles. The molecule has 4 rings (SSSR count). The summed E-state index contributed by atoms with van der Waals surface area (Å²) in [7, 11) is 1.52. The minimum Gasteiger partial charge on any atom is -0.497 e. The number of aromatic nitrogens is 2. The molecular formula is C29H29F2N3O3. The minimum absolute atomic E-state index is 0.0709. The molecule has 0 spiro atoms. The summed E-state index contributed by atoms with van der Waals surface area (Å²) in [6.07, 6.45) is 0. The average molecular weight is 506 g/mol. The topological polar surface area (TPSA) is 65.3 Å². The van der Waals surface area contributed by atoms with Crippen molar-refractivity contribution in [2.45, 2.75) is 39.5 Å². The van der Waals surface area contributed by atoms with E-state index in [9.17, 15) is 18.4 Å². The van der Waals surface area contributed by atoms with E-state index in [1.165, 1.54) is 17.7 Å². The zero-order chi connectivity index (χ0) is 26.5. The van der Waals surface area contributed by atoms with E-state index in [1.807, 2.05) is 37.3 Å². The van der Waals surface area contributed by atoms with Crippen LogP contribution in [0.4, 0.5) is 8.78 Å². The number of ether oxygens (including phenoxy) is 1. The van der Waals surface area contributed by atoms with Crippen LogP contribution in [0.1, 0.15) is 23.7 Å². The average Bonchev–Trinajstić information content (AvgIpc) is 2.90. The summed E-state index contributed by atoms with van der Waals surface area (Å²) in [5, 5.41) is 3.33. The van der Waals surface area contributed by atoms with Crippen LogP contribution >= 0.6 is 0 Å². The lowest BCUT2D eigenvalue weighted by atomic mass is 10.0. The molecule has 0 radical (unpaired) electrons. The van der Waals surface area contributed by atoms with Gasteiger partial charge in [-0.3, -0.25) is 13.9 Å². The molecule has 6 nitrogen and oxygen atoms in total. The Morgan fingerprint density at radius 2 is 1.59 bits per heavy atom. The van der Waals surface area contributed by atoms with Crippen LogP contribution in [0.5, 0.6) is 5.75 Å². The molecule has 8 heteroatoms. The Labute approximate surface area is 213 Å². The zero-order valence-electron chi connectivity index (χ0n) is 21.0. The molecular weight excluding hydrogens is 476 g/mol. The van der Waals surface area contributed by atoms with Gasteiger partial charge in [0.1, 0.15) is 17.4 Å². The molecule has 37 heavy (non-hydrogen) atoms. The lowest BCUT2D eigenvalue weighted by Crippen LogP contribution is -2.46. The van der Waals surface area contributed by atoms with Gasteiger partial charge >= 0.3 is 5.69 Å². The summed E-state index contributed by atoms with van der Waals surface area (Å²) < 4.78 is 36.7. The molecule has 1 aromatic heterocycles. The fourth-order valence-electron chi connectivity index (χ4n) is 4.33. The summed E-state index contributed by atoms with van der Waals surface area (Å²) in [6, 6.07) is 20.0. The van der Waals surface area contributed by atoms with Gasteiger partial charge in [0.15, 0.2) is 0 Å². The predicted molar refractivity (Wildman–Crippen MR) is 140 cm³/mol. The second-order valence-electron chi connectivity index (χ2n) is 8.94. The van der Waals surface area contributed by atoms with Crippen molar-refractivity contribution in [1.82, 2.24) is 14.5 Å². The minimum atomic E-state index is -0.759. The third-order valence-electron chi connectivity index (χ3n) is 6.38. The van der Waals surface area contributed by atoms with E-state index >= 15 is 0 Å². The normalized spacial score (nSPS) is 11.9. The summed E-state index contributed by atoms with van der Waals surface area (Å²) in [6.45, 7) is 3.76. The van der Waals surface area contributed by atoms with E-state index in [0.29, 0.717) is 23.6 Å². The van der Waals surface area contributed by atoms with Crippen molar-refractivity contribution < 1.29 is 13.5 Å². The Balaban J connectivity index is 1.80. The second-order valence-corrected chi connectivity index (χ2v) is 8.94. The van der Waals surface area contributed by atoms with E-state index in [2.05, 4.69) is 5.32 Å². The van der Waals surface area contributed by atoms with Gasteiger partial charge in [0, 0.05) is 30.4 Å². The van der Waals surface area contributed by atoms with Crippen molar-refractivity contribution in [2.24, 2.45) is 0 Å². The highest BCUT2D eigenvalue weighted by molar-refractivity contribution is 5.66. The van der Waals surface area contributed by atoms with Crippen LogP contribution < -0.4 is 21.3 Å². The maximum atomic E-state index is 14.5. The molecule has 0 saturated heterocycles. The SMILES string of the molecule is COc1cccc(-c2c(C)n(Cc3c(F)cccc3F)c(=O)n(C[C@H](C)NCc3ccccc3)c2=O)c1. The molecule has 1 atom stereocenters. The van der Waals surface area contributed by atoms with Crippen LogP contribution in [-0.4, -0.2) is 22.3 Å². The number of halogens is 2. The smallest absolute Gasteiger partial charge is 0.331 e. The monoisotopic (exact) mass is 505 g/mol. The van der Waals surface area contributed by atoms with Gasteiger partial charge in [-0.05, 0) is 49.2 Å². The maximum absolute atomic E-state index is 14.5. The van der Waals surface area contributed by atoms with E-state index in [0.717, 1.165) is 22.3 Å². The van der Waals surface area contributed by atoms with Crippen molar-refractivity contribution in [2.75, 3.05) is 7.11 Å². The van der Waals surface area contributed by atoms with Crippen LogP contribution in [0.2, 0.25) is 0 Å². The van der Waals surface area contributed by atoms with Crippen LogP contribution in [0, 0.1) is 18.6 Å². The van der Waals surface area contributed by atoms with Gasteiger partial charge in [-0.15, -0.1) is 0 Å². The first-order chi connectivity index (χ1) is 17.8. The quantitative estimate of drug-likeness (QED) is 0.364. The van der Waals surface area contributed by atoms with E-state index in [1.54, 1.807) is 31.2 Å². The lowest BCUT2D eigenvalue weighted by molar-refractivity contribution is 0.415. The van der Waals surface area contributed by atoms with Gasteiger partial charge in [-0.25, -0.2) is 13.6 Å². The first-order valence-corrected chi connectivity index (χ1v) is 12.0. The third kappa shape index (κ3) is 5.70. The van der Waals surface area contributed by atoms with Crippen molar-refractivity contribution >= 4 is 0 Å². The van der Waals surface area contributed by atoms with Crippen LogP contribution in [0.15, 0.2) is 82.4 Å². The Morgan fingerprint density at radius 1 is 0.919 bits per heavy atom. The molecule has 192 valence electrons. The molecule has 0 amide bonds. The van der Waals surface area contributed by atoms with Gasteiger partial charge in [0.25, 0.3) is 5.56 Å². The molecule has 0 unspecified atom stereocenters. The highest BCUT2D eigenvalue weighted by Gasteiger charge is 2.21. The van der Waals surface area contributed by atoms with Gasteiger partial charge < -0.3 is 10.1 Å². The Kier molecular flexibility index (Phi) is 7.98. The van der Waals surface area contributed by atoms with E-state index < -0.39 is 22.9 Å². The fourth-order valence-corrected chi connectivity index (χ4v) is 4.33. The van der Waals surface area contributed by atoms with Crippen molar-refractivity contribution in [3.05, 3.63) is 122 Å². The first kappa shape index (κ1) is 26.0. The van der Waals surface area contributed by atoms with Gasteiger partial charge in [-0.2, -0.15) is 0 Å². The molecule has 0 bridgehead atoms. The third-order valence-corrected chi connectivity index (χ3v) is 6.38. The maximum Gasteiger partial charge on any atom is 0.331 e. The van der Waals surface area contributed by atoms with Crippen molar-refractivity contribution in [1.29, 1.82) is 0 Å². The molecule has 1 heterocycles. The summed E-state index contributed by atoms with van der Waals surface area (Å²) >= 11 is 0. The summed E-state index contributed by atoms with van der Waals surface area (Å²) in [5.74, 6) is -0.978. The van der Waals surface area contributed by atoms with E-state index in [4.69, 9.17) is 4.74 Å². The molecule has 3 aromatic carbocycles. The van der Waals surface area contributed by atoms with E-state index in [-0.39, 0.29) is 30.3 Å². The first-order valence-electron chi connectivity index (χ1n) is 12.0. The highest BCUT2D eigenvalue weighted by atomic mass is 19.1. The number of nitrogens with one attached hydrogen (secondary N) is 1. The Hall–Kier alpha value is -4.04. The van der Waals surface area contributed by atoms with Crippen LogP contribution in [0.3, 0.4) is 0 Å². The molecule has 1 N–H and O–H groups in total. The van der Waals surface area contributed by atoms with Crippen LogP contribution in [-0.2, 0) is 19.6 Å². The number of hydrogen-bond acceptors (Lipinski definition) is 4. The second kappa shape index (κ2) is 11.3. The number of rotatable bonds is 9. The van der Waals surface area contributed by atoms with Crippen molar-refractivity contribution in [3.8, 4) is 16.9 Å². The molecule has 0 fully saturated rings. The van der Waals surface area contributed by atoms with Gasteiger partial charge in [0.05, 0.1) is 19.2 Å². The zero-order valence-corrected chi connectivity index (χ0v) is 21.0. The largest absolute Gasteiger partial charge is 0.497 e. The standard InChI is InChI=1S/C29H29F2N3O3/c1-19(32-16-21-9-5-4-6-10-21)17-34-28(35)27(22-11-7-12-23(15-22)37-3)20(2)33(29(34)36)18-24-25(30)13-8-14-26(24)31/h4-15,19,32H,16-18H2,1-3H3/t19-/m0/s1. The number of benzene rings is 3.